The Hall–Kier alpha value is -2.53. The maximum absolute atomic E-state index is 13.6. The molecular weight excluding hydrogens is 273 g/mol. The third-order valence-electron chi connectivity index (χ3n) is 3.50. The van der Waals surface area contributed by atoms with Crippen LogP contribution >= 0.6 is 0 Å². The second-order valence-corrected chi connectivity index (χ2v) is 4.80. The molecule has 5 heteroatoms. The van der Waals surface area contributed by atoms with E-state index >= 15 is 0 Å². The van der Waals surface area contributed by atoms with Crippen LogP contribution in [0.15, 0.2) is 48.5 Å². The van der Waals surface area contributed by atoms with Crippen molar-refractivity contribution in [2.45, 2.75) is 6.10 Å². The van der Waals surface area contributed by atoms with E-state index in [1.54, 1.807) is 30.3 Å². The number of aliphatic hydroxyl groups excluding tert-OH is 1. The Kier molecular flexibility index (Phi) is 3.27. The van der Waals surface area contributed by atoms with Crippen molar-refractivity contribution in [1.29, 1.82) is 0 Å². The van der Waals surface area contributed by atoms with Gasteiger partial charge in [-0.15, -0.1) is 0 Å². The predicted molar refractivity (Wildman–Crippen MR) is 73.2 cm³/mol. The monoisotopic (exact) mass is 285 g/mol. The lowest BCUT2D eigenvalue weighted by atomic mass is 10.1. The largest absolute Gasteiger partial charge is 0.386 e. The molecular formula is C16H12FNO3. The second kappa shape index (κ2) is 5.10. The van der Waals surface area contributed by atoms with Crippen LogP contribution in [0.3, 0.4) is 0 Å². The molecule has 3 rings (SSSR count). The molecule has 1 atom stereocenters. The molecule has 1 heterocycles. The van der Waals surface area contributed by atoms with Crippen LogP contribution in [0.4, 0.5) is 4.39 Å². The molecule has 1 aliphatic rings. The summed E-state index contributed by atoms with van der Waals surface area (Å²) in [6, 6.07) is 12.2. The Labute approximate surface area is 120 Å². The van der Waals surface area contributed by atoms with Gasteiger partial charge >= 0.3 is 0 Å². The highest BCUT2D eigenvalue weighted by molar-refractivity contribution is 6.21. The number of fused-ring (bicyclic) bond motifs is 1. The van der Waals surface area contributed by atoms with E-state index in [2.05, 4.69) is 0 Å². The predicted octanol–water partition coefficient (Wildman–Crippen LogP) is 2.16. The van der Waals surface area contributed by atoms with E-state index in [1.807, 2.05) is 0 Å². The molecule has 2 amide bonds. The second-order valence-electron chi connectivity index (χ2n) is 4.80. The smallest absolute Gasteiger partial charge is 0.261 e. The first-order chi connectivity index (χ1) is 10.1. The Bertz CT molecular complexity index is 694. The van der Waals surface area contributed by atoms with Crippen molar-refractivity contribution >= 4 is 11.8 Å². The summed E-state index contributed by atoms with van der Waals surface area (Å²) in [5.41, 5.74) is 0.681. The molecule has 0 bridgehead atoms. The number of hydrogen-bond donors (Lipinski definition) is 1. The number of imide groups is 1. The normalized spacial score (nSPS) is 15.2. The summed E-state index contributed by atoms with van der Waals surface area (Å²) < 4.78 is 13.6. The average Bonchev–Trinajstić information content (AvgIpc) is 2.73. The maximum atomic E-state index is 13.6. The van der Waals surface area contributed by atoms with E-state index in [0.717, 1.165) is 4.90 Å². The summed E-state index contributed by atoms with van der Waals surface area (Å²) in [7, 11) is 0. The molecule has 0 spiro atoms. The SMILES string of the molecule is O=C1c2ccccc2C(=O)N1C[C@H](O)c1ccccc1F. The lowest BCUT2D eigenvalue weighted by Gasteiger charge is -2.19. The van der Waals surface area contributed by atoms with Crippen LogP contribution in [0.5, 0.6) is 0 Å². The Balaban J connectivity index is 1.86. The van der Waals surface area contributed by atoms with E-state index in [4.69, 9.17) is 0 Å². The van der Waals surface area contributed by atoms with Gasteiger partial charge in [0.2, 0.25) is 0 Å². The molecule has 0 saturated carbocycles. The van der Waals surface area contributed by atoms with Gasteiger partial charge in [0, 0.05) is 5.56 Å². The number of halogens is 1. The highest BCUT2D eigenvalue weighted by Crippen LogP contribution is 2.25. The first kappa shape index (κ1) is 13.5. The zero-order chi connectivity index (χ0) is 15.0. The minimum atomic E-state index is -1.26. The van der Waals surface area contributed by atoms with Crippen LogP contribution in [-0.2, 0) is 0 Å². The number of aliphatic hydroxyl groups is 1. The third-order valence-corrected chi connectivity index (χ3v) is 3.50. The van der Waals surface area contributed by atoms with E-state index in [9.17, 15) is 19.1 Å². The highest BCUT2D eigenvalue weighted by atomic mass is 19.1. The van der Waals surface area contributed by atoms with Crippen LogP contribution < -0.4 is 0 Å². The molecule has 1 aliphatic heterocycles. The molecule has 4 nitrogen and oxygen atoms in total. The van der Waals surface area contributed by atoms with Gasteiger partial charge < -0.3 is 5.11 Å². The zero-order valence-corrected chi connectivity index (χ0v) is 11.0. The number of amides is 2. The molecule has 0 fully saturated rings. The molecule has 21 heavy (non-hydrogen) atoms. The topological polar surface area (TPSA) is 57.6 Å². The van der Waals surface area contributed by atoms with Gasteiger partial charge in [-0.2, -0.15) is 0 Å². The van der Waals surface area contributed by atoms with Crippen LogP contribution in [-0.4, -0.2) is 28.4 Å². The van der Waals surface area contributed by atoms with Crippen molar-refractivity contribution in [1.82, 2.24) is 4.90 Å². The third kappa shape index (κ3) is 2.21. The van der Waals surface area contributed by atoms with Gasteiger partial charge in [-0.25, -0.2) is 4.39 Å². The lowest BCUT2D eigenvalue weighted by molar-refractivity contribution is 0.0539. The number of carbonyl (C=O) groups excluding carboxylic acids is 2. The summed E-state index contributed by atoms with van der Waals surface area (Å²) in [6.07, 6.45) is -1.26. The van der Waals surface area contributed by atoms with Crippen LogP contribution in [0.1, 0.15) is 32.4 Å². The van der Waals surface area contributed by atoms with E-state index < -0.39 is 23.7 Å². The summed E-state index contributed by atoms with van der Waals surface area (Å²) in [4.78, 5) is 25.3. The number of β-amino-alcohol motifs (C(OH)–C–C–N with tert-alkyl or cyclic N) is 1. The quantitative estimate of drug-likeness (QED) is 0.879. The molecule has 2 aromatic carbocycles. The number of carbonyl (C=O) groups is 2. The number of rotatable bonds is 3. The average molecular weight is 285 g/mol. The molecule has 1 N–H and O–H groups in total. The minimum absolute atomic E-state index is 0.0639. The van der Waals surface area contributed by atoms with Gasteiger partial charge in [0.05, 0.1) is 23.8 Å². The fourth-order valence-electron chi connectivity index (χ4n) is 2.42. The number of benzene rings is 2. The van der Waals surface area contributed by atoms with Crippen molar-refractivity contribution in [3.8, 4) is 0 Å². The molecule has 0 radical (unpaired) electrons. The van der Waals surface area contributed by atoms with Crippen molar-refractivity contribution in [2.24, 2.45) is 0 Å². The minimum Gasteiger partial charge on any atom is -0.386 e. The fraction of sp³-hybridized carbons (Fsp3) is 0.125. The van der Waals surface area contributed by atoms with Gasteiger partial charge in [0.1, 0.15) is 5.82 Å². The molecule has 0 aromatic heterocycles. The van der Waals surface area contributed by atoms with E-state index in [0.29, 0.717) is 11.1 Å². The van der Waals surface area contributed by atoms with Gasteiger partial charge in [-0.3, -0.25) is 14.5 Å². The van der Waals surface area contributed by atoms with Gasteiger partial charge in [0.15, 0.2) is 0 Å². The summed E-state index contributed by atoms with van der Waals surface area (Å²) in [6.45, 7) is -0.271. The molecule has 106 valence electrons. The Morgan fingerprint density at radius 3 is 2.05 bits per heavy atom. The molecule has 0 aliphatic carbocycles. The van der Waals surface area contributed by atoms with Crippen molar-refractivity contribution in [3.05, 3.63) is 71.0 Å². The van der Waals surface area contributed by atoms with Gasteiger partial charge in [-0.05, 0) is 18.2 Å². The Morgan fingerprint density at radius 1 is 0.952 bits per heavy atom. The number of nitrogens with zero attached hydrogens (tertiary/aromatic N) is 1. The van der Waals surface area contributed by atoms with Crippen LogP contribution in [0.25, 0.3) is 0 Å². The number of hydrogen-bond acceptors (Lipinski definition) is 3. The molecule has 2 aromatic rings. The Morgan fingerprint density at radius 2 is 1.48 bits per heavy atom. The molecule has 0 saturated heterocycles. The summed E-state index contributed by atoms with van der Waals surface area (Å²) >= 11 is 0. The van der Waals surface area contributed by atoms with Crippen LogP contribution in [0, 0.1) is 5.82 Å². The van der Waals surface area contributed by atoms with Crippen molar-refractivity contribution in [2.75, 3.05) is 6.54 Å². The first-order valence-corrected chi connectivity index (χ1v) is 6.47. The summed E-state index contributed by atoms with van der Waals surface area (Å²) in [5, 5.41) is 10.1. The first-order valence-electron chi connectivity index (χ1n) is 6.47. The van der Waals surface area contributed by atoms with Crippen molar-refractivity contribution in [3.63, 3.8) is 0 Å². The lowest BCUT2D eigenvalue weighted by Crippen LogP contribution is -2.34. The fourth-order valence-corrected chi connectivity index (χ4v) is 2.42. The van der Waals surface area contributed by atoms with Gasteiger partial charge in [-0.1, -0.05) is 30.3 Å². The van der Waals surface area contributed by atoms with Crippen molar-refractivity contribution < 1.29 is 19.1 Å². The van der Waals surface area contributed by atoms with E-state index in [-0.39, 0.29) is 12.1 Å². The van der Waals surface area contributed by atoms with Gasteiger partial charge in [0.25, 0.3) is 11.8 Å². The van der Waals surface area contributed by atoms with E-state index in [1.165, 1.54) is 18.2 Å². The summed E-state index contributed by atoms with van der Waals surface area (Å²) in [5.74, 6) is -1.50. The molecule has 0 unspecified atom stereocenters. The standard InChI is InChI=1S/C16H12FNO3/c17-13-8-4-3-7-12(13)14(19)9-18-15(20)10-5-1-2-6-11(10)16(18)21/h1-8,14,19H,9H2/t14-/m0/s1. The highest BCUT2D eigenvalue weighted by Gasteiger charge is 2.36. The maximum Gasteiger partial charge on any atom is 0.261 e. The zero-order valence-electron chi connectivity index (χ0n) is 11.0. The van der Waals surface area contributed by atoms with Crippen LogP contribution in [0.2, 0.25) is 0 Å².